The van der Waals surface area contributed by atoms with Gasteiger partial charge in [-0.2, -0.15) is 0 Å². The summed E-state index contributed by atoms with van der Waals surface area (Å²) >= 11 is 8.87. The molecule has 1 aromatic carbocycles. The van der Waals surface area contributed by atoms with Crippen LogP contribution in [0.15, 0.2) is 33.5 Å². The number of hydrogen-bond acceptors (Lipinski definition) is 3. The van der Waals surface area contributed by atoms with Crippen molar-refractivity contribution < 1.29 is 9.18 Å². The van der Waals surface area contributed by atoms with Gasteiger partial charge in [-0.15, -0.1) is 0 Å². The fourth-order valence-corrected chi connectivity index (χ4v) is 2.96. The van der Waals surface area contributed by atoms with E-state index in [4.69, 9.17) is 23.1 Å². The molecule has 0 bridgehead atoms. The molecule has 0 saturated heterocycles. The van der Waals surface area contributed by atoms with Crippen molar-refractivity contribution in [2.45, 2.75) is 19.4 Å². The van der Waals surface area contributed by atoms with E-state index in [-0.39, 0.29) is 27.6 Å². The second-order valence-corrected chi connectivity index (χ2v) is 6.21. The van der Waals surface area contributed by atoms with Gasteiger partial charge in [-0.1, -0.05) is 33.6 Å². The first kappa shape index (κ1) is 17.5. The van der Waals surface area contributed by atoms with E-state index in [0.717, 1.165) is 10.9 Å². The number of hydrogen-bond donors (Lipinski definition) is 2. The van der Waals surface area contributed by atoms with E-state index in [1.54, 1.807) is 12.1 Å². The van der Waals surface area contributed by atoms with E-state index in [1.165, 1.54) is 16.7 Å². The first-order chi connectivity index (χ1) is 10.8. The number of nitrogens with zero attached hydrogens (tertiary/aromatic N) is 1. The predicted molar refractivity (Wildman–Crippen MR) is 91.1 cm³/mol. The highest BCUT2D eigenvalue weighted by Crippen LogP contribution is 2.26. The molecule has 3 rings (SSSR count). The third kappa shape index (κ3) is 3.73. The van der Waals surface area contributed by atoms with E-state index >= 15 is 0 Å². The minimum absolute atomic E-state index is 0.00215. The number of nitrogens with two attached hydrogens (primary N) is 2. The fourth-order valence-electron chi connectivity index (χ4n) is 2.39. The lowest BCUT2D eigenvalue weighted by Crippen LogP contribution is -2.27. The Balaban J connectivity index is 0.000000203. The average molecular weight is 403 g/mol. The summed E-state index contributed by atoms with van der Waals surface area (Å²) in [5.74, 6) is -0.848. The lowest BCUT2D eigenvalue weighted by molar-refractivity contribution is 0.0999. The molecule has 0 atom stereocenters. The molecule has 0 saturated carbocycles. The smallest absolute Gasteiger partial charge is 0.271 e. The van der Waals surface area contributed by atoms with E-state index in [2.05, 4.69) is 15.9 Å². The number of nitrogen functional groups attached to an aromatic ring is 1. The highest BCUT2D eigenvalue weighted by atomic mass is 79.9. The van der Waals surface area contributed by atoms with Crippen LogP contribution in [0.25, 0.3) is 0 Å². The van der Waals surface area contributed by atoms with E-state index in [0.29, 0.717) is 18.7 Å². The Morgan fingerprint density at radius 3 is 2.61 bits per heavy atom. The van der Waals surface area contributed by atoms with Crippen LogP contribution < -0.4 is 17.0 Å². The van der Waals surface area contributed by atoms with Crippen molar-refractivity contribution in [3.8, 4) is 0 Å². The van der Waals surface area contributed by atoms with E-state index < -0.39 is 5.91 Å². The van der Waals surface area contributed by atoms with Crippen molar-refractivity contribution in [1.82, 2.24) is 4.57 Å². The first-order valence-corrected chi connectivity index (χ1v) is 7.91. The Morgan fingerprint density at radius 1 is 1.39 bits per heavy atom. The Bertz CT molecular complexity index is 806. The second-order valence-electron chi connectivity index (χ2n) is 4.91. The third-order valence-corrected chi connectivity index (χ3v) is 4.24. The molecule has 0 aliphatic carbocycles. The van der Waals surface area contributed by atoms with Gasteiger partial charge in [0.1, 0.15) is 10.8 Å². The van der Waals surface area contributed by atoms with Crippen LogP contribution in [-0.4, -0.2) is 10.5 Å². The topological polar surface area (TPSA) is 91.1 Å². The largest absolute Gasteiger partial charge is 0.397 e. The van der Waals surface area contributed by atoms with Crippen molar-refractivity contribution in [1.29, 1.82) is 0 Å². The monoisotopic (exact) mass is 401 g/mol. The number of fused-ring (bicyclic) bond motifs is 1. The van der Waals surface area contributed by atoms with Crippen molar-refractivity contribution in [2.24, 2.45) is 5.73 Å². The summed E-state index contributed by atoms with van der Waals surface area (Å²) in [5, 5.41) is -0.116. The van der Waals surface area contributed by atoms with Gasteiger partial charge < -0.3 is 16.0 Å². The predicted octanol–water partition coefficient (Wildman–Crippen LogP) is 2.72. The molecular formula is C15H14BrClFN3O2. The van der Waals surface area contributed by atoms with Gasteiger partial charge >= 0.3 is 0 Å². The minimum Gasteiger partial charge on any atom is -0.397 e. The maximum Gasteiger partial charge on any atom is 0.271 e. The van der Waals surface area contributed by atoms with Crippen LogP contribution in [0, 0.1) is 5.82 Å². The number of carbonyl (C=O) groups is 1. The summed E-state index contributed by atoms with van der Waals surface area (Å²) in [6.07, 6.45) is 1.43. The zero-order valence-electron chi connectivity index (χ0n) is 12.0. The standard InChI is InChI=1S/C9H10ClN3O2.C6H4BrF/c10-6-7(11)5(8(12)14)4-2-1-3-13(4)9(6)15;7-5-2-1-3-6(8)4-5/h1-3,11H2,(H2,12,14);1-4H. The lowest BCUT2D eigenvalue weighted by Gasteiger charge is -2.11. The zero-order valence-corrected chi connectivity index (χ0v) is 14.3. The van der Waals surface area contributed by atoms with Crippen LogP contribution in [0.5, 0.6) is 0 Å². The Labute approximate surface area is 145 Å². The molecule has 4 N–H and O–H groups in total. The van der Waals surface area contributed by atoms with E-state index in [9.17, 15) is 14.0 Å². The van der Waals surface area contributed by atoms with Crippen LogP contribution in [0.4, 0.5) is 10.1 Å². The number of aromatic nitrogens is 1. The molecule has 2 heterocycles. The van der Waals surface area contributed by atoms with Gasteiger partial charge in [-0.05, 0) is 31.0 Å². The number of amides is 1. The first-order valence-electron chi connectivity index (χ1n) is 6.74. The molecule has 122 valence electrons. The Hall–Kier alpha value is -1.86. The molecule has 5 nitrogen and oxygen atoms in total. The number of carbonyl (C=O) groups excluding carboxylic acids is 1. The number of rotatable bonds is 1. The molecule has 0 fully saturated rings. The molecule has 23 heavy (non-hydrogen) atoms. The van der Waals surface area contributed by atoms with Gasteiger partial charge in [0.2, 0.25) is 0 Å². The normalized spacial score (nSPS) is 12.3. The summed E-state index contributed by atoms with van der Waals surface area (Å²) in [7, 11) is 0. The van der Waals surface area contributed by atoms with Crippen molar-refractivity contribution >= 4 is 39.1 Å². The molecular weight excluding hydrogens is 389 g/mol. The maximum atomic E-state index is 12.1. The highest BCUT2D eigenvalue weighted by molar-refractivity contribution is 9.10. The molecule has 8 heteroatoms. The third-order valence-electron chi connectivity index (χ3n) is 3.38. The summed E-state index contributed by atoms with van der Waals surface area (Å²) in [6, 6.07) is 6.26. The van der Waals surface area contributed by atoms with Crippen LogP contribution in [0.1, 0.15) is 22.5 Å². The van der Waals surface area contributed by atoms with Gasteiger partial charge in [0, 0.05) is 16.7 Å². The van der Waals surface area contributed by atoms with Crippen molar-refractivity contribution in [3.05, 3.63) is 61.2 Å². The summed E-state index contributed by atoms with van der Waals surface area (Å²) < 4.78 is 14.4. The Kier molecular flexibility index (Phi) is 5.43. The fraction of sp³-hybridized carbons (Fsp3) is 0.200. The molecule has 1 amide bonds. The van der Waals surface area contributed by atoms with Crippen LogP contribution in [0.2, 0.25) is 5.02 Å². The van der Waals surface area contributed by atoms with Crippen LogP contribution in [-0.2, 0) is 13.0 Å². The van der Waals surface area contributed by atoms with Crippen LogP contribution in [0.3, 0.4) is 0 Å². The molecule has 2 aromatic rings. The molecule has 1 aliphatic heterocycles. The molecule has 0 spiro atoms. The molecule has 1 aromatic heterocycles. The zero-order chi connectivity index (χ0) is 17.1. The quantitative estimate of drug-likeness (QED) is 0.768. The molecule has 1 aliphatic rings. The number of anilines is 1. The van der Waals surface area contributed by atoms with Gasteiger partial charge in [0.25, 0.3) is 11.5 Å². The van der Waals surface area contributed by atoms with E-state index in [1.807, 2.05) is 0 Å². The number of benzene rings is 1. The van der Waals surface area contributed by atoms with Gasteiger partial charge in [-0.25, -0.2) is 4.39 Å². The van der Waals surface area contributed by atoms with Crippen molar-refractivity contribution in [3.63, 3.8) is 0 Å². The van der Waals surface area contributed by atoms with Crippen molar-refractivity contribution in [2.75, 3.05) is 5.73 Å². The average Bonchev–Trinajstić information content (AvgIpc) is 2.94. The Morgan fingerprint density at radius 2 is 2.09 bits per heavy atom. The van der Waals surface area contributed by atoms with Gasteiger partial charge in [0.05, 0.1) is 11.3 Å². The molecule has 0 radical (unpaired) electrons. The van der Waals surface area contributed by atoms with Crippen LogP contribution >= 0.6 is 27.5 Å². The highest BCUT2D eigenvalue weighted by Gasteiger charge is 2.24. The maximum absolute atomic E-state index is 12.1. The summed E-state index contributed by atoms with van der Waals surface area (Å²) in [6.45, 7) is 0.564. The van der Waals surface area contributed by atoms with Gasteiger partial charge in [-0.3, -0.25) is 9.59 Å². The minimum atomic E-state index is -0.639. The van der Waals surface area contributed by atoms with Gasteiger partial charge in [0.15, 0.2) is 0 Å². The SMILES string of the molecule is Fc1cccc(Br)c1.NC(=O)c1c(N)c(Cl)c(=O)n2c1CCC2. The summed E-state index contributed by atoms with van der Waals surface area (Å²) in [4.78, 5) is 22.9. The second kappa shape index (κ2) is 7.14. The number of pyridine rings is 1. The lowest BCUT2D eigenvalue weighted by atomic mass is 10.1. The summed E-state index contributed by atoms with van der Waals surface area (Å²) in [5.41, 5.74) is 11.3. The molecule has 0 unspecified atom stereocenters. The number of halogens is 3. The number of primary amides is 1.